The van der Waals surface area contributed by atoms with Gasteiger partial charge in [-0.15, -0.1) is 0 Å². The molecule has 1 saturated heterocycles. The van der Waals surface area contributed by atoms with E-state index in [9.17, 15) is 22.8 Å². The minimum absolute atomic E-state index is 0.149. The first kappa shape index (κ1) is 27.5. The number of aromatic nitrogens is 1. The number of benzene rings is 2. The van der Waals surface area contributed by atoms with Gasteiger partial charge in [0, 0.05) is 74.0 Å². The molecular weight excluding hydrogens is 497 g/mol. The van der Waals surface area contributed by atoms with E-state index in [1.807, 2.05) is 29.3 Å². The maximum Gasteiger partial charge on any atom is 0.416 e. The number of hydrogen-bond donors (Lipinski definition) is 2. The van der Waals surface area contributed by atoms with Crippen LogP contribution in [0.5, 0.6) is 0 Å². The molecule has 204 valence electrons. The lowest BCUT2D eigenvalue weighted by Gasteiger charge is -2.36. The highest BCUT2D eigenvalue weighted by atomic mass is 19.4. The second-order valence-corrected chi connectivity index (χ2v) is 9.41. The molecule has 0 saturated carbocycles. The third-order valence-corrected chi connectivity index (χ3v) is 6.75. The molecule has 0 radical (unpaired) electrons. The van der Waals surface area contributed by atoms with Gasteiger partial charge in [-0.2, -0.15) is 13.2 Å². The van der Waals surface area contributed by atoms with Crippen LogP contribution in [0.1, 0.15) is 37.3 Å². The van der Waals surface area contributed by atoms with Crippen LogP contribution in [0.4, 0.5) is 24.5 Å². The number of alkyl halides is 3. The average molecular weight is 531 g/mol. The van der Waals surface area contributed by atoms with E-state index in [1.165, 1.54) is 12.1 Å². The highest BCUT2D eigenvalue weighted by molar-refractivity contribution is 5.94. The zero-order chi connectivity index (χ0) is 27.1. The second kappa shape index (κ2) is 12.3. The summed E-state index contributed by atoms with van der Waals surface area (Å²) < 4.78 is 44.1. The van der Waals surface area contributed by atoms with E-state index in [0.717, 1.165) is 48.6 Å². The Morgan fingerprint density at radius 1 is 1.05 bits per heavy atom. The van der Waals surface area contributed by atoms with Crippen LogP contribution in [0.2, 0.25) is 0 Å². The molecule has 10 heteroatoms. The molecule has 7 nitrogen and oxygen atoms in total. The summed E-state index contributed by atoms with van der Waals surface area (Å²) in [6.07, 6.45) is -0.665. The smallest absolute Gasteiger partial charge is 0.416 e. The standard InChI is InChI=1S/C28H33F3N4O3/c1-2-38-27(37)8-4-7-26(36)33-22-9-10-25-24(18-22)20(19-32-25)11-12-34-13-15-35(16-14-34)23-6-3-5-21(17-23)28(29,30)31/h3,5-6,9-10,17-19,32H,2,4,7-8,11-16H2,1H3,(H,33,36). The van der Waals surface area contributed by atoms with Gasteiger partial charge in [-0.1, -0.05) is 6.07 Å². The van der Waals surface area contributed by atoms with Crippen LogP contribution in [0, 0.1) is 0 Å². The number of aromatic amines is 1. The number of H-pyrrole nitrogens is 1. The van der Waals surface area contributed by atoms with E-state index in [1.54, 1.807) is 13.0 Å². The molecule has 4 rings (SSSR count). The fourth-order valence-electron chi connectivity index (χ4n) is 4.70. The fourth-order valence-corrected chi connectivity index (χ4v) is 4.70. The van der Waals surface area contributed by atoms with Crippen LogP contribution >= 0.6 is 0 Å². The van der Waals surface area contributed by atoms with Gasteiger partial charge < -0.3 is 19.9 Å². The third-order valence-electron chi connectivity index (χ3n) is 6.75. The SMILES string of the molecule is CCOC(=O)CCCC(=O)Nc1ccc2[nH]cc(CCN3CCN(c4cccc(C(F)(F)F)c4)CC3)c2c1. The molecule has 3 aromatic rings. The summed E-state index contributed by atoms with van der Waals surface area (Å²) in [7, 11) is 0. The molecule has 1 amide bonds. The van der Waals surface area contributed by atoms with Crippen LogP contribution in [-0.2, 0) is 26.9 Å². The summed E-state index contributed by atoms with van der Waals surface area (Å²) in [5, 5.41) is 3.94. The molecule has 0 unspecified atom stereocenters. The number of carbonyl (C=O) groups is 2. The Hall–Kier alpha value is -3.53. The lowest BCUT2D eigenvalue weighted by atomic mass is 10.1. The Labute approximate surface area is 219 Å². The van der Waals surface area contributed by atoms with Gasteiger partial charge in [0.15, 0.2) is 0 Å². The summed E-state index contributed by atoms with van der Waals surface area (Å²) in [6, 6.07) is 11.2. The largest absolute Gasteiger partial charge is 0.466 e. The van der Waals surface area contributed by atoms with Crippen molar-refractivity contribution in [2.75, 3.05) is 49.5 Å². The van der Waals surface area contributed by atoms with Crippen molar-refractivity contribution in [2.24, 2.45) is 0 Å². The highest BCUT2D eigenvalue weighted by Gasteiger charge is 2.31. The number of nitrogens with zero attached hydrogens (tertiary/aromatic N) is 2. The van der Waals surface area contributed by atoms with Gasteiger partial charge in [-0.3, -0.25) is 14.5 Å². The Balaban J connectivity index is 1.28. The Morgan fingerprint density at radius 3 is 2.58 bits per heavy atom. The predicted octanol–water partition coefficient (Wildman–Crippen LogP) is 5.22. The maximum atomic E-state index is 13.1. The zero-order valence-corrected chi connectivity index (χ0v) is 21.4. The van der Waals surface area contributed by atoms with Crippen molar-refractivity contribution in [3.05, 3.63) is 59.8 Å². The minimum Gasteiger partial charge on any atom is -0.466 e. The number of ether oxygens (including phenoxy) is 1. The summed E-state index contributed by atoms with van der Waals surface area (Å²) in [4.78, 5) is 31.3. The number of amides is 1. The number of esters is 1. The van der Waals surface area contributed by atoms with Gasteiger partial charge in [0.05, 0.1) is 12.2 Å². The minimum atomic E-state index is -4.34. The number of rotatable bonds is 10. The van der Waals surface area contributed by atoms with Crippen molar-refractivity contribution >= 4 is 34.2 Å². The summed E-state index contributed by atoms with van der Waals surface area (Å²) in [5.41, 5.74) is 2.80. The topological polar surface area (TPSA) is 77.7 Å². The van der Waals surface area contributed by atoms with E-state index in [4.69, 9.17) is 4.74 Å². The number of piperazine rings is 1. The third kappa shape index (κ3) is 7.28. The maximum absolute atomic E-state index is 13.1. The van der Waals surface area contributed by atoms with E-state index in [2.05, 4.69) is 15.2 Å². The van der Waals surface area contributed by atoms with Gasteiger partial charge in [-0.05, 0) is 61.7 Å². The number of fused-ring (bicyclic) bond motifs is 1. The monoisotopic (exact) mass is 530 g/mol. The Bertz CT molecular complexity index is 1250. The van der Waals surface area contributed by atoms with E-state index in [-0.39, 0.29) is 24.7 Å². The Kier molecular flexibility index (Phi) is 8.93. The summed E-state index contributed by atoms with van der Waals surface area (Å²) in [5.74, 6) is -0.444. The summed E-state index contributed by atoms with van der Waals surface area (Å²) >= 11 is 0. The van der Waals surface area contributed by atoms with Crippen LogP contribution in [0.25, 0.3) is 10.9 Å². The van der Waals surface area contributed by atoms with Crippen molar-refractivity contribution in [2.45, 2.75) is 38.8 Å². The lowest BCUT2D eigenvalue weighted by Crippen LogP contribution is -2.47. The zero-order valence-electron chi connectivity index (χ0n) is 21.4. The molecule has 0 bridgehead atoms. The van der Waals surface area contributed by atoms with Crippen LogP contribution in [0.3, 0.4) is 0 Å². The van der Waals surface area contributed by atoms with Crippen LogP contribution in [-0.4, -0.2) is 61.1 Å². The molecule has 2 heterocycles. The van der Waals surface area contributed by atoms with Crippen molar-refractivity contribution in [3.8, 4) is 0 Å². The van der Waals surface area contributed by atoms with Crippen molar-refractivity contribution in [3.63, 3.8) is 0 Å². The van der Waals surface area contributed by atoms with Crippen molar-refractivity contribution in [1.29, 1.82) is 0 Å². The molecular formula is C28H33F3N4O3. The first-order valence-electron chi connectivity index (χ1n) is 12.9. The van der Waals surface area contributed by atoms with Crippen molar-refractivity contribution < 1.29 is 27.5 Å². The molecule has 2 aromatic carbocycles. The van der Waals surface area contributed by atoms with Gasteiger partial charge in [0.1, 0.15) is 0 Å². The van der Waals surface area contributed by atoms with Gasteiger partial charge in [-0.25, -0.2) is 0 Å². The van der Waals surface area contributed by atoms with E-state index in [0.29, 0.717) is 37.5 Å². The molecule has 38 heavy (non-hydrogen) atoms. The lowest BCUT2D eigenvalue weighted by molar-refractivity contribution is -0.143. The van der Waals surface area contributed by atoms with Gasteiger partial charge in [0.25, 0.3) is 0 Å². The Morgan fingerprint density at radius 2 is 1.84 bits per heavy atom. The van der Waals surface area contributed by atoms with E-state index >= 15 is 0 Å². The van der Waals surface area contributed by atoms with Gasteiger partial charge in [0.2, 0.25) is 5.91 Å². The second-order valence-electron chi connectivity index (χ2n) is 9.41. The molecule has 1 fully saturated rings. The van der Waals surface area contributed by atoms with Crippen LogP contribution < -0.4 is 10.2 Å². The highest BCUT2D eigenvalue weighted by Crippen LogP contribution is 2.32. The quantitative estimate of drug-likeness (QED) is 0.352. The normalized spacial score (nSPS) is 14.6. The molecule has 0 spiro atoms. The number of nitrogens with one attached hydrogen (secondary N) is 2. The van der Waals surface area contributed by atoms with Gasteiger partial charge >= 0.3 is 12.1 Å². The first-order chi connectivity index (χ1) is 18.2. The van der Waals surface area contributed by atoms with Crippen LogP contribution in [0.15, 0.2) is 48.7 Å². The average Bonchev–Trinajstić information content (AvgIpc) is 3.30. The molecule has 1 aliphatic rings. The van der Waals surface area contributed by atoms with Crippen molar-refractivity contribution in [1.82, 2.24) is 9.88 Å². The number of halogens is 3. The summed E-state index contributed by atoms with van der Waals surface area (Å²) in [6.45, 7) is 5.79. The number of anilines is 2. The van der Waals surface area contributed by atoms with E-state index < -0.39 is 11.7 Å². The number of carbonyl (C=O) groups excluding carboxylic acids is 2. The predicted molar refractivity (Wildman–Crippen MR) is 141 cm³/mol. The molecule has 0 aliphatic carbocycles. The fraction of sp³-hybridized carbons (Fsp3) is 0.429. The molecule has 0 atom stereocenters. The molecule has 1 aromatic heterocycles. The molecule has 2 N–H and O–H groups in total. The first-order valence-corrected chi connectivity index (χ1v) is 12.9. The molecule has 1 aliphatic heterocycles. The number of hydrogen-bond acceptors (Lipinski definition) is 5.